The molecule has 0 N–H and O–H groups in total. The molecule has 0 aromatic heterocycles. The van der Waals surface area contributed by atoms with Crippen LogP contribution in [0, 0.1) is 5.92 Å². The quantitative estimate of drug-likeness (QED) is 0.0484. The monoisotopic (exact) mass is 945 g/mol. The van der Waals surface area contributed by atoms with Crippen LogP contribution < -0.4 is 0 Å². The highest BCUT2D eigenvalue weighted by Crippen LogP contribution is 2.39. The molecule has 1 aliphatic rings. The van der Waals surface area contributed by atoms with Gasteiger partial charge in [-0.05, 0) is 93.1 Å². The van der Waals surface area contributed by atoms with Crippen molar-refractivity contribution in [2.75, 3.05) is 23.0 Å². The summed E-state index contributed by atoms with van der Waals surface area (Å²) in [5.74, 6) is 6.28. The first-order valence-electron chi connectivity index (χ1n) is 28.2. The summed E-state index contributed by atoms with van der Waals surface area (Å²) in [7, 11) is 0. The fourth-order valence-corrected chi connectivity index (χ4v) is 15.9. The Morgan fingerprint density at radius 2 is 0.656 bits per heavy atom. The van der Waals surface area contributed by atoms with Crippen molar-refractivity contribution in [2.45, 2.75) is 324 Å². The van der Waals surface area contributed by atoms with Crippen LogP contribution in [0.2, 0.25) is 0 Å². The Labute approximate surface area is 409 Å². The summed E-state index contributed by atoms with van der Waals surface area (Å²) in [6.45, 7) is 12.0. The summed E-state index contributed by atoms with van der Waals surface area (Å²) in [4.78, 5) is 0. The average Bonchev–Trinajstić information content (AvgIpc) is 3.26. The largest absolute Gasteiger partial charge is 0.176 e. The van der Waals surface area contributed by atoms with Gasteiger partial charge in [0.25, 0.3) is 0 Å². The van der Waals surface area contributed by atoms with Crippen LogP contribution in [0.15, 0.2) is 0 Å². The van der Waals surface area contributed by atoms with E-state index < -0.39 is 0 Å². The number of rotatable bonds is 38. The van der Waals surface area contributed by atoms with E-state index in [1.54, 1.807) is 0 Å². The lowest BCUT2D eigenvalue weighted by Crippen LogP contribution is -2.27. The van der Waals surface area contributed by atoms with Gasteiger partial charge >= 0.3 is 0 Å². The lowest BCUT2D eigenvalue weighted by molar-refractivity contribution is 0.454. The smallest absolute Gasteiger partial charge is 0.0177 e. The number of hydrogen-bond donors (Lipinski definition) is 1. The Hall–Kier alpha value is 1.75. The van der Waals surface area contributed by atoms with Crippen LogP contribution in [-0.2, 0) is 0 Å². The van der Waals surface area contributed by atoms with Crippen molar-refractivity contribution in [3.63, 3.8) is 0 Å². The normalized spacial score (nSPS) is 22.7. The Balaban J connectivity index is 2.96. The predicted octanol–water partition coefficient (Wildman–Crippen LogP) is 21.4. The van der Waals surface area contributed by atoms with Crippen molar-refractivity contribution < 1.29 is 0 Å². The third-order valence-electron chi connectivity index (χ3n) is 13.9. The Morgan fingerprint density at radius 1 is 0.328 bits per heavy atom. The van der Waals surface area contributed by atoms with Crippen molar-refractivity contribution >= 4 is 59.7 Å². The van der Waals surface area contributed by atoms with Gasteiger partial charge < -0.3 is 0 Å². The zero-order chi connectivity index (χ0) is 44.1. The average molecular weight is 946 g/mol. The second-order valence-electron chi connectivity index (χ2n) is 19.9. The van der Waals surface area contributed by atoms with Crippen LogP contribution in [0.5, 0.6) is 0 Å². The number of unbranched alkanes of at least 4 members (excludes halogenated alkanes) is 26. The molecule has 61 heavy (non-hydrogen) atoms. The first-order valence-corrected chi connectivity index (χ1v) is 32.9. The van der Waals surface area contributed by atoms with Crippen molar-refractivity contribution in [3.8, 4) is 0 Å². The van der Waals surface area contributed by atoms with Gasteiger partial charge in [0.2, 0.25) is 0 Å². The Bertz CT molecular complexity index is 838. The molecule has 6 unspecified atom stereocenters. The molecule has 0 amide bonds. The third-order valence-corrected chi connectivity index (χ3v) is 20.6. The molecule has 1 aliphatic carbocycles. The predicted molar refractivity (Wildman–Crippen MR) is 299 cm³/mol. The lowest BCUT2D eigenvalue weighted by Gasteiger charge is -2.31. The molecule has 366 valence electrons. The minimum atomic E-state index is 0.551. The van der Waals surface area contributed by atoms with Gasteiger partial charge in [-0.1, -0.05) is 234 Å². The van der Waals surface area contributed by atoms with E-state index in [2.05, 4.69) is 81.7 Å². The Kier molecular flexibility index (Phi) is 48.0. The molecule has 0 spiro atoms. The van der Waals surface area contributed by atoms with Crippen LogP contribution in [0.4, 0.5) is 0 Å². The third kappa shape index (κ3) is 39.5. The van der Waals surface area contributed by atoms with Gasteiger partial charge in [0.1, 0.15) is 0 Å². The van der Waals surface area contributed by atoms with Crippen molar-refractivity contribution in [1.82, 2.24) is 0 Å². The molecule has 1 saturated carbocycles. The number of thiol groups is 1. The van der Waals surface area contributed by atoms with E-state index in [0.29, 0.717) is 5.25 Å². The number of hydrogen-bond acceptors (Lipinski definition) is 5. The van der Waals surface area contributed by atoms with Gasteiger partial charge in [0.15, 0.2) is 0 Å². The van der Waals surface area contributed by atoms with E-state index in [1.165, 1.54) is 286 Å². The zero-order valence-corrected chi connectivity index (χ0v) is 46.5. The molecular weight excluding hydrogens is 833 g/mol. The molecule has 1 rings (SSSR count). The highest BCUT2D eigenvalue weighted by atomic mass is 32.2. The Morgan fingerprint density at radius 3 is 1.11 bits per heavy atom. The summed E-state index contributed by atoms with van der Waals surface area (Å²) in [6, 6.07) is 0. The van der Waals surface area contributed by atoms with Crippen LogP contribution in [0.25, 0.3) is 0 Å². The first-order chi connectivity index (χ1) is 30.0. The maximum absolute atomic E-state index is 5.46. The fraction of sp³-hybridized carbons (Fsp3) is 1.00. The van der Waals surface area contributed by atoms with E-state index in [0.717, 1.165) is 26.9 Å². The van der Waals surface area contributed by atoms with Gasteiger partial charge in [-0.3, -0.25) is 0 Å². The van der Waals surface area contributed by atoms with Crippen LogP contribution >= 0.6 is 59.7 Å². The summed E-state index contributed by atoms with van der Waals surface area (Å²) in [5, 5.41) is 3.88. The molecule has 0 saturated heterocycles. The fourth-order valence-electron chi connectivity index (χ4n) is 9.52. The van der Waals surface area contributed by atoms with Crippen LogP contribution in [0.3, 0.4) is 0 Å². The lowest BCUT2D eigenvalue weighted by atomic mass is 9.94. The molecule has 1 fully saturated rings. The van der Waals surface area contributed by atoms with Crippen LogP contribution in [-0.4, -0.2) is 49.3 Å². The topological polar surface area (TPSA) is 0 Å². The molecule has 0 aromatic rings. The molecule has 0 nitrogen and oxygen atoms in total. The minimum Gasteiger partial charge on any atom is -0.176 e. The van der Waals surface area contributed by atoms with Crippen molar-refractivity contribution in [3.05, 3.63) is 0 Å². The van der Waals surface area contributed by atoms with E-state index in [4.69, 9.17) is 12.6 Å². The molecule has 0 heterocycles. The van der Waals surface area contributed by atoms with Gasteiger partial charge in [-0.25, -0.2) is 0 Å². The SMILES string of the molecule is CCCCCCCCCCCSC1CCCCCCCC(SCCCCC)C(SCCCCCCCCCCC)CC(SCCCCCCCCCCC)CCC(S)C(C)C1. The van der Waals surface area contributed by atoms with Gasteiger partial charge in [-0.2, -0.15) is 59.7 Å². The van der Waals surface area contributed by atoms with Crippen LogP contribution in [0.1, 0.15) is 298 Å². The van der Waals surface area contributed by atoms with E-state index >= 15 is 0 Å². The summed E-state index contributed by atoms with van der Waals surface area (Å²) in [6.07, 6.45) is 58.9. The highest BCUT2D eigenvalue weighted by Gasteiger charge is 2.28. The standard InChI is InChI=1S/C56H112S5/c1-6-10-14-17-20-23-26-32-38-45-58-52-41-35-30-29-31-36-42-55(60-47-37-13-9-4)56(61-48-40-34-28-25-22-19-16-12-8-3)50-53(43-44-54(57)51(5)49-52)59-46-39-33-27-24-21-18-15-11-7-2/h51-57H,6-50H2,1-5H3. The van der Waals surface area contributed by atoms with Crippen molar-refractivity contribution in [2.24, 2.45) is 5.92 Å². The molecule has 6 atom stereocenters. The van der Waals surface area contributed by atoms with E-state index in [9.17, 15) is 0 Å². The second kappa shape index (κ2) is 48.2. The van der Waals surface area contributed by atoms with Gasteiger partial charge in [-0.15, -0.1) is 0 Å². The van der Waals surface area contributed by atoms with Gasteiger partial charge in [0, 0.05) is 26.2 Å². The molecule has 0 bridgehead atoms. The summed E-state index contributed by atoms with van der Waals surface area (Å²) in [5.41, 5.74) is 0. The molecular formula is C56H112S5. The maximum Gasteiger partial charge on any atom is 0.0177 e. The maximum atomic E-state index is 5.46. The van der Waals surface area contributed by atoms with Gasteiger partial charge in [0.05, 0.1) is 0 Å². The summed E-state index contributed by atoms with van der Waals surface area (Å²) >= 11 is 15.1. The minimum absolute atomic E-state index is 0.551. The molecule has 5 heteroatoms. The van der Waals surface area contributed by atoms with Crippen molar-refractivity contribution in [1.29, 1.82) is 0 Å². The van der Waals surface area contributed by atoms with E-state index in [1.807, 2.05) is 0 Å². The summed E-state index contributed by atoms with van der Waals surface area (Å²) < 4.78 is 0. The molecule has 0 aliphatic heterocycles. The molecule has 0 aromatic carbocycles. The first kappa shape index (κ1) is 60.8. The van der Waals surface area contributed by atoms with E-state index in [-0.39, 0.29) is 0 Å². The second-order valence-corrected chi connectivity index (χ2v) is 26.1. The molecule has 0 radical (unpaired) electrons. The number of thioether (sulfide) groups is 4. The zero-order valence-electron chi connectivity index (χ0n) is 42.4. The highest BCUT2D eigenvalue weighted by molar-refractivity contribution is 8.04.